The van der Waals surface area contributed by atoms with Crippen molar-refractivity contribution in [3.8, 4) is 5.75 Å². The lowest BCUT2D eigenvalue weighted by Crippen LogP contribution is -2.39. The van der Waals surface area contributed by atoms with Crippen LogP contribution in [-0.4, -0.2) is 42.4 Å². The second-order valence-electron chi connectivity index (χ2n) is 4.63. The second-order valence-corrected chi connectivity index (χ2v) is 5.44. The maximum absolute atomic E-state index is 9.16. The highest BCUT2D eigenvalue weighted by Gasteiger charge is 2.15. The van der Waals surface area contributed by atoms with Crippen LogP contribution >= 0.6 is 23.2 Å². The van der Waals surface area contributed by atoms with Crippen molar-refractivity contribution in [1.82, 2.24) is 4.90 Å². The first-order valence-corrected chi connectivity index (χ1v) is 7.81. The van der Waals surface area contributed by atoms with Gasteiger partial charge >= 0.3 is 0 Å². The van der Waals surface area contributed by atoms with Gasteiger partial charge in [0, 0.05) is 19.1 Å². The highest BCUT2D eigenvalue weighted by Crippen LogP contribution is 2.32. The van der Waals surface area contributed by atoms with Crippen LogP contribution in [0.4, 0.5) is 0 Å². The lowest BCUT2D eigenvalue weighted by atomic mass is 10.1. The average Bonchev–Trinajstić information content (AvgIpc) is 2.43. The summed E-state index contributed by atoms with van der Waals surface area (Å²) < 4.78 is 5.70. The van der Waals surface area contributed by atoms with Gasteiger partial charge in [-0.1, -0.05) is 43.1 Å². The van der Waals surface area contributed by atoms with Gasteiger partial charge in [-0.25, -0.2) is 0 Å². The van der Waals surface area contributed by atoms with Gasteiger partial charge in [-0.15, -0.1) is 0 Å². The molecule has 0 aliphatic rings. The van der Waals surface area contributed by atoms with Crippen LogP contribution in [0, 0.1) is 0 Å². The number of ether oxygens (including phenoxy) is 1. The van der Waals surface area contributed by atoms with E-state index in [4.69, 9.17) is 33.0 Å². The molecular formula is C15H23Cl2NO2. The molecule has 20 heavy (non-hydrogen) atoms. The van der Waals surface area contributed by atoms with E-state index < -0.39 is 0 Å². The highest BCUT2D eigenvalue weighted by molar-refractivity contribution is 6.37. The average molecular weight is 320 g/mol. The first kappa shape index (κ1) is 17.6. The van der Waals surface area contributed by atoms with Gasteiger partial charge in [0.2, 0.25) is 0 Å². The minimum Gasteiger partial charge on any atom is -0.489 e. The third-order valence-electron chi connectivity index (χ3n) is 3.39. The molecule has 1 N–H and O–H groups in total. The van der Waals surface area contributed by atoms with Crippen LogP contribution in [0.1, 0.15) is 26.7 Å². The van der Waals surface area contributed by atoms with Crippen molar-refractivity contribution in [2.24, 2.45) is 0 Å². The zero-order valence-corrected chi connectivity index (χ0v) is 13.6. The van der Waals surface area contributed by atoms with E-state index in [-0.39, 0.29) is 6.61 Å². The third kappa shape index (κ3) is 5.13. The smallest absolute Gasteiger partial charge is 0.156 e. The molecule has 0 aliphatic carbocycles. The molecule has 1 rings (SSSR count). The Morgan fingerprint density at radius 1 is 1.15 bits per heavy atom. The number of hydrogen-bond acceptors (Lipinski definition) is 3. The molecule has 1 aromatic rings. The summed E-state index contributed by atoms with van der Waals surface area (Å²) in [6.45, 7) is 6.37. The van der Waals surface area contributed by atoms with Crippen LogP contribution in [0.2, 0.25) is 10.0 Å². The lowest BCUT2D eigenvalue weighted by molar-refractivity contribution is 0.122. The van der Waals surface area contributed by atoms with Gasteiger partial charge in [-0.3, -0.25) is 4.90 Å². The van der Waals surface area contributed by atoms with Gasteiger partial charge < -0.3 is 9.84 Å². The number of aliphatic hydroxyl groups excluding tert-OH is 1. The summed E-state index contributed by atoms with van der Waals surface area (Å²) in [7, 11) is 0. The standard InChI is InChI=1S/C15H23Cl2NO2/c1-3-12(4-2)18(8-10-19)9-11-20-15-13(16)6-5-7-14(15)17/h5-7,12,19H,3-4,8-11H2,1-2H3. The van der Waals surface area contributed by atoms with Crippen molar-refractivity contribution in [2.45, 2.75) is 32.7 Å². The number of aliphatic hydroxyl groups is 1. The molecule has 0 fully saturated rings. The molecule has 1 aromatic carbocycles. The summed E-state index contributed by atoms with van der Waals surface area (Å²) in [5, 5.41) is 10.2. The first-order valence-electron chi connectivity index (χ1n) is 7.05. The van der Waals surface area contributed by atoms with E-state index in [1.165, 1.54) is 0 Å². The van der Waals surface area contributed by atoms with Gasteiger partial charge in [0.1, 0.15) is 6.61 Å². The van der Waals surface area contributed by atoms with E-state index in [1.54, 1.807) is 18.2 Å². The lowest BCUT2D eigenvalue weighted by Gasteiger charge is -2.29. The Labute approximate surface area is 131 Å². The largest absolute Gasteiger partial charge is 0.489 e. The summed E-state index contributed by atoms with van der Waals surface area (Å²) in [5.41, 5.74) is 0. The fraction of sp³-hybridized carbons (Fsp3) is 0.600. The molecular weight excluding hydrogens is 297 g/mol. The predicted octanol–water partition coefficient (Wildman–Crippen LogP) is 3.86. The van der Waals surface area contributed by atoms with Crippen LogP contribution in [0.3, 0.4) is 0 Å². The quantitative estimate of drug-likeness (QED) is 0.750. The summed E-state index contributed by atoms with van der Waals surface area (Å²) in [6.07, 6.45) is 2.12. The number of para-hydroxylation sites is 1. The maximum Gasteiger partial charge on any atom is 0.156 e. The normalized spacial score (nSPS) is 11.3. The Hall–Kier alpha value is -0.480. The zero-order valence-electron chi connectivity index (χ0n) is 12.1. The molecule has 0 radical (unpaired) electrons. The minimum absolute atomic E-state index is 0.156. The number of benzene rings is 1. The SMILES string of the molecule is CCC(CC)N(CCO)CCOc1c(Cl)cccc1Cl. The number of hydrogen-bond donors (Lipinski definition) is 1. The van der Waals surface area contributed by atoms with Gasteiger partial charge in [0.15, 0.2) is 5.75 Å². The molecule has 0 aliphatic heterocycles. The number of halogens is 2. The van der Waals surface area contributed by atoms with E-state index in [2.05, 4.69) is 18.7 Å². The summed E-state index contributed by atoms with van der Waals surface area (Å²) in [6, 6.07) is 5.77. The minimum atomic E-state index is 0.156. The zero-order chi connectivity index (χ0) is 15.0. The fourth-order valence-electron chi connectivity index (χ4n) is 2.30. The predicted molar refractivity (Wildman–Crippen MR) is 85.0 cm³/mol. The molecule has 5 heteroatoms. The number of rotatable bonds is 9. The molecule has 0 unspecified atom stereocenters. The van der Waals surface area contributed by atoms with E-state index in [1.807, 2.05) is 0 Å². The Kier molecular flexibility index (Phi) is 8.31. The van der Waals surface area contributed by atoms with E-state index in [0.29, 0.717) is 35.0 Å². The highest BCUT2D eigenvalue weighted by atomic mass is 35.5. The molecule has 0 spiro atoms. The van der Waals surface area contributed by atoms with Crippen molar-refractivity contribution in [3.05, 3.63) is 28.2 Å². The Balaban J connectivity index is 2.56. The number of nitrogens with zero attached hydrogens (tertiary/aromatic N) is 1. The molecule has 0 atom stereocenters. The molecule has 0 amide bonds. The topological polar surface area (TPSA) is 32.7 Å². The molecule has 0 bridgehead atoms. The van der Waals surface area contributed by atoms with Gasteiger partial charge in [-0.2, -0.15) is 0 Å². The van der Waals surface area contributed by atoms with Crippen LogP contribution in [-0.2, 0) is 0 Å². The molecule has 0 aromatic heterocycles. The summed E-state index contributed by atoms with van der Waals surface area (Å²) in [4.78, 5) is 2.24. The Bertz CT molecular complexity index is 377. The van der Waals surface area contributed by atoms with Crippen LogP contribution in [0.5, 0.6) is 5.75 Å². The maximum atomic E-state index is 9.16. The van der Waals surface area contributed by atoms with Gasteiger partial charge in [0.05, 0.1) is 16.7 Å². The van der Waals surface area contributed by atoms with Crippen molar-refractivity contribution >= 4 is 23.2 Å². The van der Waals surface area contributed by atoms with Crippen molar-refractivity contribution in [2.75, 3.05) is 26.3 Å². The molecule has 0 saturated heterocycles. The Morgan fingerprint density at radius 2 is 1.75 bits per heavy atom. The van der Waals surface area contributed by atoms with Gasteiger partial charge in [-0.05, 0) is 25.0 Å². The molecule has 114 valence electrons. The van der Waals surface area contributed by atoms with Crippen LogP contribution in [0.15, 0.2) is 18.2 Å². The van der Waals surface area contributed by atoms with E-state index in [9.17, 15) is 0 Å². The molecule has 0 saturated carbocycles. The second kappa shape index (κ2) is 9.46. The Morgan fingerprint density at radius 3 is 2.25 bits per heavy atom. The van der Waals surface area contributed by atoms with Crippen LogP contribution < -0.4 is 4.74 Å². The van der Waals surface area contributed by atoms with Gasteiger partial charge in [0.25, 0.3) is 0 Å². The molecule has 3 nitrogen and oxygen atoms in total. The summed E-state index contributed by atoms with van der Waals surface area (Å²) in [5.74, 6) is 0.532. The summed E-state index contributed by atoms with van der Waals surface area (Å²) >= 11 is 12.1. The van der Waals surface area contributed by atoms with Crippen molar-refractivity contribution in [3.63, 3.8) is 0 Å². The molecule has 0 heterocycles. The van der Waals surface area contributed by atoms with Crippen molar-refractivity contribution < 1.29 is 9.84 Å². The monoisotopic (exact) mass is 319 g/mol. The van der Waals surface area contributed by atoms with E-state index in [0.717, 1.165) is 19.4 Å². The van der Waals surface area contributed by atoms with Crippen LogP contribution in [0.25, 0.3) is 0 Å². The fourth-order valence-corrected chi connectivity index (χ4v) is 2.80. The van der Waals surface area contributed by atoms with E-state index >= 15 is 0 Å². The third-order valence-corrected chi connectivity index (χ3v) is 3.99. The van der Waals surface area contributed by atoms with Crippen molar-refractivity contribution in [1.29, 1.82) is 0 Å². The first-order chi connectivity index (χ1) is 9.63.